The number of rotatable bonds is 4. The molecule has 2 amide bonds. The lowest BCUT2D eigenvalue weighted by Gasteiger charge is -2.40. The number of amides is 2. The minimum absolute atomic E-state index is 0.0510. The number of hydrogen-bond acceptors (Lipinski definition) is 4. The van der Waals surface area contributed by atoms with Crippen molar-refractivity contribution in [1.29, 1.82) is 0 Å². The summed E-state index contributed by atoms with van der Waals surface area (Å²) in [6.07, 6.45) is 0.683. The van der Waals surface area contributed by atoms with Crippen LogP contribution in [0.25, 0.3) is 0 Å². The van der Waals surface area contributed by atoms with Gasteiger partial charge in [-0.15, -0.1) is 0 Å². The summed E-state index contributed by atoms with van der Waals surface area (Å²) in [5.41, 5.74) is 1.42. The van der Waals surface area contributed by atoms with Gasteiger partial charge in [0, 0.05) is 55.8 Å². The minimum Gasteiger partial charge on any atom is -0.480 e. The molecule has 156 valence electrons. The van der Waals surface area contributed by atoms with Crippen molar-refractivity contribution in [1.82, 2.24) is 15.1 Å². The van der Waals surface area contributed by atoms with Crippen molar-refractivity contribution in [3.05, 3.63) is 65.5 Å². The minimum atomic E-state index is -0.640. The van der Waals surface area contributed by atoms with Crippen molar-refractivity contribution in [2.24, 2.45) is 0 Å². The van der Waals surface area contributed by atoms with E-state index in [1.54, 1.807) is 6.07 Å². The number of fused-ring (bicyclic) bond motifs is 3. The molecule has 0 spiro atoms. The number of carbonyl (C=O) groups excluding carboxylic acids is 2. The third-order valence-corrected chi connectivity index (χ3v) is 6.34. The van der Waals surface area contributed by atoms with Crippen molar-refractivity contribution >= 4 is 11.8 Å². The van der Waals surface area contributed by atoms with Gasteiger partial charge in [0.1, 0.15) is 11.6 Å². The zero-order valence-corrected chi connectivity index (χ0v) is 16.6. The topological polar surface area (TPSA) is 61.9 Å². The van der Waals surface area contributed by atoms with E-state index in [1.807, 2.05) is 35.2 Å². The van der Waals surface area contributed by atoms with E-state index in [9.17, 15) is 14.0 Å². The van der Waals surface area contributed by atoms with Crippen molar-refractivity contribution in [3.8, 4) is 5.75 Å². The van der Waals surface area contributed by atoms with Gasteiger partial charge < -0.3 is 15.0 Å². The molecule has 2 saturated heterocycles. The van der Waals surface area contributed by atoms with Crippen LogP contribution in [0.2, 0.25) is 0 Å². The molecule has 4 unspecified atom stereocenters. The third kappa shape index (κ3) is 3.54. The normalized spacial score (nSPS) is 26.8. The molecule has 4 atom stereocenters. The van der Waals surface area contributed by atoms with Gasteiger partial charge in [0.2, 0.25) is 0 Å². The molecule has 2 aromatic carbocycles. The van der Waals surface area contributed by atoms with Crippen LogP contribution < -0.4 is 10.1 Å². The third-order valence-electron chi connectivity index (χ3n) is 6.34. The Hall–Kier alpha value is -2.93. The number of benzene rings is 2. The zero-order chi connectivity index (χ0) is 20.7. The van der Waals surface area contributed by atoms with Gasteiger partial charge in [-0.3, -0.25) is 14.5 Å². The maximum Gasteiger partial charge on any atom is 0.261 e. The monoisotopic (exact) mass is 409 g/mol. The van der Waals surface area contributed by atoms with Crippen LogP contribution >= 0.6 is 0 Å². The van der Waals surface area contributed by atoms with Crippen molar-refractivity contribution in [2.45, 2.75) is 31.0 Å². The molecule has 0 aromatic heterocycles. The van der Waals surface area contributed by atoms with Gasteiger partial charge in [0.15, 0.2) is 6.10 Å². The van der Waals surface area contributed by atoms with Crippen LogP contribution in [-0.2, 0) is 11.2 Å². The molecule has 30 heavy (non-hydrogen) atoms. The lowest BCUT2D eigenvalue weighted by atomic mass is 10.1. The summed E-state index contributed by atoms with van der Waals surface area (Å²) >= 11 is 0. The van der Waals surface area contributed by atoms with Crippen molar-refractivity contribution in [3.63, 3.8) is 0 Å². The Kier molecular flexibility index (Phi) is 4.90. The average Bonchev–Trinajstić information content (AvgIpc) is 3.38. The van der Waals surface area contributed by atoms with Crippen molar-refractivity contribution < 1.29 is 18.7 Å². The molecular formula is C23H24FN3O3. The highest BCUT2D eigenvalue weighted by molar-refractivity contribution is 5.94. The Morgan fingerprint density at radius 1 is 1.13 bits per heavy atom. The number of piperazine rings is 1. The Morgan fingerprint density at radius 2 is 1.97 bits per heavy atom. The highest BCUT2D eigenvalue weighted by Gasteiger charge is 2.41. The number of hydrogen-bond donors (Lipinski definition) is 1. The first-order valence-corrected chi connectivity index (χ1v) is 10.4. The average molecular weight is 409 g/mol. The maximum absolute atomic E-state index is 13.4. The van der Waals surface area contributed by atoms with Crippen molar-refractivity contribution in [2.75, 3.05) is 26.2 Å². The van der Waals surface area contributed by atoms with Crippen LogP contribution in [0.4, 0.5) is 4.39 Å². The van der Waals surface area contributed by atoms with E-state index in [1.165, 1.54) is 12.1 Å². The first-order chi connectivity index (χ1) is 14.6. The molecule has 0 saturated carbocycles. The van der Waals surface area contributed by atoms with E-state index in [4.69, 9.17) is 4.74 Å². The van der Waals surface area contributed by atoms with Gasteiger partial charge in [-0.25, -0.2) is 4.39 Å². The Bertz CT molecular complexity index is 967. The SMILES string of the molecule is O=C(NCC1CN(C(=O)c2ccccc2)C2CCN1C2)C1Cc2cc(F)ccc2O1. The molecule has 2 aromatic rings. The lowest BCUT2D eigenvalue weighted by molar-refractivity contribution is -0.127. The summed E-state index contributed by atoms with van der Waals surface area (Å²) in [4.78, 5) is 30.0. The molecule has 3 aliphatic heterocycles. The summed E-state index contributed by atoms with van der Waals surface area (Å²) < 4.78 is 19.1. The van der Waals surface area contributed by atoms with E-state index in [2.05, 4.69) is 10.2 Å². The van der Waals surface area contributed by atoms with Gasteiger partial charge in [-0.2, -0.15) is 0 Å². The molecular weight excluding hydrogens is 385 g/mol. The first-order valence-electron chi connectivity index (χ1n) is 10.4. The summed E-state index contributed by atoms with van der Waals surface area (Å²) in [5, 5.41) is 2.99. The van der Waals surface area contributed by atoms with Crippen LogP contribution in [-0.4, -0.2) is 66.0 Å². The fraction of sp³-hybridized carbons (Fsp3) is 0.391. The summed E-state index contributed by atoms with van der Waals surface area (Å²) in [7, 11) is 0. The first kappa shape index (κ1) is 19.1. The molecule has 7 heteroatoms. The maximum atomic E-state index is 13.4. The fourth-order valence-electron chi connectivity index (χ4n) is 4.73. The standard InChI is InChI=1S/C23H24FN3O3/c24-17-6-7-20-16(10-17)11-21(30-20)22(28)25-12-19-14-27(18-8-9-26(19)13-18)23(29)15-4-2-1-3-5-15/h1-7,10,18-19,21H,8-9,11-14H2,(H,25,28). The predicted molar refractivity (Wildman–Crippen MR) is 109 cm³/mol. The molecule has 1 N–H and O–H groups in total. The van der Waals surface area contributed by atoms with E-state index in [-0.39, 0.29) is 29.7 Å². The quantitative estimate of drug-likeness (QED) is 0.837. The molecule has 2 bridgehead atoms. The summed E-state index contributed by atoms with van der Waals surface area (Å²) in [5.74, 6) is 0.0903. The number of ether oxygens (including phenoxy) is 1. The van der Waals surface area contributed by atoms with E-state index < -0.39 is 6.10 Å². The Labute approximate surface area is 174 Å². The van der Waals surface area contributed by atoms with E-state index >= 15 is 0 Å². The largest absolute Gasteiger partial charge is 0.480 e. The summed E-state index contributed by atoms with van der Waals surface area (Å²) in [6.45, 7) is 2.81. The predicted octanol–water partition coefficient (Wildman–Crippen LogP) is 1.84. The van der Waals surface area contributed by atoms with Crippen LogP contribution in [0.1, 0.15) is 22.3 Å². The summed E-state index contributed by atoms with van der Waals surface area (Å²) in [6, 6.07) is 14.0. The lowest BCUT2D eigenvalue weighted by Crippen LogP contribution is -2.58. The number of nitrogens with one attached hydrogen (secondary N) is 1. The second-order valence-corrected chi connectivity index (χ2v) is 8.22. The van der Waals surface area contributed by atoms with Gasteiger partial charge in [0.05, 0.1) is 0 Å². The van der Waals surface area contributed by atoms with Gasteiger partial charge >= 0.3 is 0 Å². The fourth-order valence-corrected chi connectivity index (χ4v) is 4.73. The molecule has 6 nitrogen and oxygen atoms in total. The number of carbonyl (C=O) groups is 2. The number of nitrogens with zero attached hydrogens (tertiary/aromatic N) is 2. The van der Waals surface area contributed by atoms with Gasteiger partial charge in [0.25, 0.3) is 11.8 Å². The van der Waals surface area contributed by atoms with Crippen LogP contribution in [0.5, 0.6) is 5.75 Å². The van der Waals surface area contributed by atoms with Crippen LogP contribution in [0.3, 0.4) is 0 Å². The highest BCUT2D eigenvalue weighted by Crippen LogP contribution is 2.30. The van der Waals surface area contributed by atoms with Crippen LogP contribution in [0, 0.1) is 5.82 Å². The molecule has 3 heterocycles. The molecule has 0 aliphatic carbocycles. The molecule has 0 radical (unpaired) electrons. The second-order valence-electron chi connectivity index (χ2n) is 8.22. The highest BCUT2D eigenvalue weighted by atomic mass is 19.1. The van der Waals surface area contributed by atoms with E-state index in [0.717, 1.165) is 25.1 Å². The Morgan fingerprint density at radius 3 is 2.80 bits per heavy atom. The second kappa shape index (κ2) is 7.72. The molecule has 5 rings (SSSR count). The molecule has 3 aliphatic rings. The molecule has 2 fully saturated rings. The zero-order valence-electron chi connectivity index (χ0n) is 16.6. The van der Waals surface area contributed by atoms with E-state index in [0.29, 0.717) is 30.8 Å². The Balaban J connectivity index is 1.21. The smallest absolute Gasteiger partial charge is 0.261 e. The van der Waals surface area contributed by atoms with Gasteiger partial charge in [-0.05, 0) is 36.8 Å². The number of halogens is 1. The van der Waals surface area contributed by atoms with Crippen LogP contribution in [0.15, 0.2) is 48.5 Å². The van der Waals surface area contributed by atoms with Gasteiger partial charge in [-0.1, -0.05) is 18.2 Å².